The van der Waals surface area contributed by atoms with Crippen molar-refractivity contribution < 1.29 is 4.74 Å². The van der Waals surface area contributed by atoms with Crippen molar-refractivity contribution in [2.45, 2.75) is 38.8 Å². The van der Waals surface area contributed by atoms with Crippen molar-refractivity contribution in [1.29, 1.82) is 0 Å². The largest absolute Gasteiger partial charge is 0.373 e. The van der Waals surface area contributed by atoms with E-state index in [0.717, 1.165) is 19.4 Å². The molecule has 1 saturated heterocycles. The van der Waals surface area contributed by atoms with Crippen molar-refractivity contribution in [1.82, 2.24) is 5.32 Å². The van der Waals surface area contributed by atoms with E-state index >= 15 is 0 Å². The number of ether oxygens (including phenoxy) is 1. The lowest BCUT2D eigenvalue weighted by molar-refractivity contribution is 0.00117. The molecule has 0 amide bonds. The van der Waals surface area contributed by atoms with Crippen molar-refractivity contribution >= 4 is 0 Å². The van der Waals surface area contributed by atoms with Crippen LogP contribution in [0.15, 0.2) is 18.2 Å². The van der Waals surface area contributed by atoms with Crippen LogP contribution in [0.3, 0.4) is 0 Å². The smallest absolute Gasteiger partial charge is 0.0842 e. The predicted octanol–water partition coefficient (Wildman–Crippen LogP) is 2.74. The van der Waals surface area contributed by atoms with E-state index in [1.807, 2.05) is 7.05 Å². The number of rotatable bonds is 2. The highest BCUT2D eigenvalue weighted by Crippen LogP contribution is 2.31. The molecule has 1 N–H and O–H groups in total. The summed E-state index contributed by atoms with van der Waals surface area (Å²) >= 11 is 0. The Balaban J connectivity index is 2.20. The maximum Gasteiger partial charge on any atom is 0.0842 e. The molecule has 0 spiro atoms. The second-order valence-electron chi connectivity index (χ2n) is 4.66. The zero-order valence-electron chi connectivity index (χ0n) is 10.4. The summed E-state index contributed by atoms with van der Waals surface area (Å²) in [6.45, 7) is 5.22. The van der Waals surface area contributed by atoms with Crippen molar-refractivity contribution in [2.24, 2.45) is 0 Å². The molecule has 2 nitrogen and oxygen atoms in total. The summed E-state index contributed by atoms with van der Waals surface area (Å²) in [6, 6.07) is 7.09. The Morgan fingerprint density at radius 2 is 2.12 bits per heavy atom. The first-order valence-electron chi connectivity index (χ1n) is 6.07. The molecule has 0 saturated carbocycles. The van der Waals surface area contributed by atoms with Gasteiger partial charge in [0, 0.05) is 12.6 Å². The molecule has 0 aliphatic carbocycles. The first-order valence-corrected chi connectivity index (χ1v) is 6.07. The Morgan fingerprint density at radius 1 is 1.31 bits per heavy atom. The minimum absolute atomic E-state index is 0.270. The van der Waals surface area contributed by atoms with E-state index in [1.165, 1.54) is 16.7 Å². The van der Waals surface area contributed by atoms with E-state index in [1.54, 1.807) is 0 Å². The maximum atomic E-state index is 5.89. The Morgan fingerprint density at radius 3 is 2.88 bits per heavy atom. The van der Waals surface area contributed by atoms with Gasteiger partial charge in [-0.25, -0.2) is 0 Å². The Labute approximate surface area is 98.0 Å². The second kappa shape index (κ2) is 4.98. The zero-order chi connectivity index (χ0) is 11.5. The molecule has 0 radical (unpaired) electrons. The fourth-order valence-electron chi connectivity index (χ4n) is 2.40. The summed E-state index contributed by atoms with van der Waals surface area (Å²) in [5.74, 6) is 0. The number of benzene rings is 1. The van der Waals surface area contributed by atoms with Gasteiger partial charge in [0.25, 0.3) is 0 Å². The van der Waals surface area contributed by atoms with Crippen LogP contribution in [0.5, 0.6) is 0 Å². The van der Waals surface area contributed by atoms with Crippen molar-refractivity contribution in [3.8, 4) is 0 Å². The summed E-state index contributed by atoms with van der Waals surface area (Å²) in [5, 5.41) is 3.36. The molecule has 1 fully saturated rings. The van der Waals surface area contributed by atoms with Crippen LogP contribution in [0.1, 0.15) is 35.6 Å². The van der Waals surface area contributed by atoms with Crippen LogP contribution < -0.4 is 5.32 Å². The van der Waals surface area contributed by atoms with Gasteiger partial charge in [-0.1, -0.05) is 18.2 Å². The molecule has 0 bridgehead atoms. The SMILES string of the molecule is CNC1CCOC(c2cccc(C)c2C)C1. The number of nitrogens with one attached hydrogen (secondary N) is 1. The van der Waals surface area contributed by atoms with E-state index in [9.17, 15) is 0 Å². The molecule has 1 aliphatic heterocycles. The number of hydrogen-bond donors (Lipinski definition) is 1. The van der Waals surface area contributed by atoms with E-state index in [-0.39, 0.29) is 6.10 Å². The van der Waals surface area contributed by atoms with Gasteiger partial charge in [0.15, 0.2) is 0 Å². The third-order valence-electron chi connectivity index (χ3n) is 3.69. The van der Waals surface area contributed by atoms with Crippen LogP contribution in [-0.4, -0.2) is 19.7 Å². The fraction of sp³-hybridized carbons (Fsp3) is 0.571. The summed E-state index contributed by atoms with van der Waals surface area (Å²) in [5.41, 5.74) is 4.09. The molecule has 2 rings (SSSR count). The third kappa shape index (κ3) is 2.28. The van der Waals surface area contributed by atoms with Gasteiger partial charge >= 0.3 is 0 Å². The first kappa shape index (κ1) is 11.6. The van der Waals surface area contributed by atoms with Crippen LogP contribution in [0.25, 0.3) is 0 Å². The van der Waals surface area contributed by atoms with Gasteiger partial charge in [-0.15, -0.1) is 0 Å². The third-order valence-corrected chi connectivity index (χ3v) is 3.69. The summed E-state index contributed by atoms with van der Waals surface area (Å²) in [6.07, 6.45) is 2.48. The minimum atomic E-state index is 0.270. The highest BCUT2D eigenvalue weighted by Gasteiger charge is 2.23. The summed E-state index contributed by atoms with van der Waals surface area (Å²) in [4.78, 5) is 0. The average molecular weight is 219 g/mol. The van der Waals surface area contributed by atoms with Crippen molar-refractivity contribution in [3.05, 3.63) is 34.9 Å². The van der Waals surface area contributed by atoms with Crippen molar-refractivity contribution in [3.63, 3.8) is 0 Å². The summed E-state index contributed by atoms with van der Waals surface area (Å²) in [7, 11) is 2.04. The van der Waals surface area contributed by atoms with Crippen LogP contribution in [0.2, 0.25) is 0 Å². The van der Waals surface area contributed by atoms with E-state index in [0.29, 0.717) is 6.04 Å². The normalized spacial score (nSPS) is 25.7. The van der Waals surface area contributed by atoms with Gasteiger partial charge in [0.1, 0.15) is 0 Å². The second-order valence-corrected chi connectivity index (χ2v) is 4.66. The molecule has 1 aromatic carbocycles. The number of hydrogen-bond acceptors (Lipinski definition) is 2. The lowest BCUT2D eigenvalue weighted by atomic mass is 9.93. The van der Waals surface area contributed by atoms with Gasteiger partial charge in [0.05, 0.1) is 6.10 Å². The quantitative estimate of drug-likeness (QED) is 0.826. The Bertz CT molecular complexity index is 362. The molecular formula is C14H21NO. The Hall–Kier alpha value is -0.860. The van der Waals surface area contributed by atoms with Gasteiger partial charge in [-0.05, 0) is 50.4 Å². The van der Waals surface area contributed by atoms with Gasteiger partial charge < -0.3 is 10.1 Å². The van der Waals surface area contributed by atoms with E-state index in [2.05, 4.69) is 37.4 Å². The molecule has 88 valence electrons. The predicted molar refractivity (Wildman–Crippen MR) is 66.7 cm³/mol. The zero-order valence-corrected chi connectivity index (χ0v) is 10.4. The summed E-state index contributed by atoms with van der Waals surface area (Å²) < 4.78 is 5.89. The lowest BCUT2D eigenvalue weighted by Crippen LogP contribution is -2.33. The molecule has 1 heterocycles. The monoisotopic (exact) mass is 219 g/mol. The average Bonchev–Trinajstić information content (AvgIpc) is 2.33. The van der Waals surface area contributed by atoms with Crippen LogP contribution >= 0.6 is 0 Å². The van der Waals surface area contributed by atoms with Crippen LogP contribution in [-0.2, 0) is 4.74 Å². The molecule has 2 atom stereocenters. The van der Waals surface area contributed by atoms with E-state index in [4.69, 9.17) is 4.74 Å². The highest BCUT2D eigenvalue weighted by molar-refractivity contribution is 5.35. The maximum absolute atomic E-state index is 5.89. The topological polar surface area (TPSA) is 21.3 Å². The van der Waals surface area contributed by atoms with E-state index < -0.39 is 0 Å². The first-order chi connectivity index (χ1) is 7.72. The van der Waals surface area contributed by atoms with Crippen molar-refractivity contribution in [2.75, 3.05) is 13.7 Å². The molecule has 0 aromatic heterocycles. The minimum Gasteiger partial charge on any atom is -0.373 e. The fourth-order valence-corrected chi connectivity index (χ4v) is 2.40. The molecule has 1 aromatic rings. The standard InChI is InChI=1S/C14H21NO/c1-10-5-4-6-13(11(10)2)14-9-12(15-3)7-8-16-14/h4-6,12,14-15H,7-9H2,1-3H3. The molecule has 2 heteroatoms. The number of aryl methyl sites for hydroxylation is 1. The lowest BCUT2D eigenvalue weighted by Gasteiger charge is -2.30. The van der Waals surface area contributed by atoms with Crippen LogP contribution in [0, 0.1) is 13.8 Å². The van der Waals surface area contributed by atoms with Gasteiger partial charge in [-0.3, -0.25) is 0 Å². The molecule has 16 heavy (non-hydrogen) atoms. The molecular weight excluding hydrogens is 198 g/mol. The molecule has 1 aliphatic rings. The van der Waals surface area contributed by atoms with Gasteiger partial charge in [-0.2, -0.15) is 0 Å². The molecule has 2 unspecified atom stereocenters. The van der Waals surface area contributed by atoms with Crippen LogP contribution in [0.4, 0.5) is 0 Å². The van der Waals surface area contributed by atoms with Gasteiger partial charge in [0.2, 0.25) is 0 Å². The highest BCUT2D eigenvalue weighted by atomic mass is 16.5. The Kier molecular flexibility index (Phi) is 3.62.